The SMILES string of the molecule is Cc1ccc(N2C(=O)NC(=O)C(=Cc3ccc(-c4ccc(C(=O)O)c(Cl)c4)o3)C2=O)cc1. The van der Waals surface area contributed by atoms with E-state index >= 15 is 0 Å². The molecule has 4 amide bonds. The third-order valence-electron chi connectivity index (χ3n) is 4.79. The lowest BCUT2D eigenvalue weighted by Crippen LogP contribution is -2.54. The smallest absolute Gasteiger partial charge is 0.337 e. The molecule has 160 valence electrons. The molecule has 0 saturated carbocycles. The van der Waals surface area contributed by atoms with Gasteiger partial charge < -0.3 is 9.52 Å². The van der Waals surface area contributed by atoms with E-state index in [1.807, 2.05) is 6.92 Å². The number of barbiturate groups is 1. The lowest BCUT2D eigenvalue weighted by Gasteiger charge is -2.26. The van der Waals surface area contributed by atoms with E-state index in [-0.39, 0.29) is 21.9 Å². The van der Waals surface area contributed by atoms with Crippen molar-refractivity contribution in [1.82, 2.24) is 5.32 Å². The summed E-state index contributed by atoms with van der Waals surface area (Å²) in [5.74, 6) is -2.23. The molecule has 4 rings (SSSR count). The number of carbonyl (C=O) groups is 4. The maximum absolute atomic E-state index is 12.9. The molecule has 1 saturated heterocycles. The summed E-state index contributed by atoms with van der Waals surface area (Å²) in [6.45, 7) is 1.87. The quantitative estimate of drug-likeness (QED) is 0.452. The van der Waals surface area contributed by atoms with E-state index < -0.39 is 23.8 Å². The van der Waals surface area contributed by atoms with Crippen LogP contribution in [0.25, 0.3) is 17.4 Å². The van der Waals surface area contributed by atoms with Crippen molar-refractivity contribution in [2.75, 3.05) is 4.90 Å². The third-order valence-corrected chi connectivity index (χ3v) is 5.10. The van der Waals surface area contributed by atoms with E-state index in [1.54, 1.807) is 30.3 Å². The molecule has 0 radical (unpaired) electrons. The van der Waals surface area contributed by atoms with Gasteiger partial charge in [-0.05, 0) is 49.4 Å². The number of furan rings is 1. The van der Waals surface area contributed by atoms with Crippen molar-refractivity contribution in [3.8, 4) is 11.3 Å². The number of aromatic carboxylic acids is 1. The van der Waals surface area contributed by atoms with Crippen LogP contribution in [0.3, 0.4) is 0 Å². The molecule has 0 aliphatic carbocycles. The number of amides is 4. The highest BCUT2D eigenvalue weighted by molar-refractivity contribution is 6.39. The highest BCUT2D eigenvalue weighted by Crippen LogP contribution is 2.29. The van der Waals surface area contributed by atoms with Gasteiger partial charge in [-0.1, -0.05) is 35.4 Å². The predicted molar refractivity (Wildman–Crippen MR) is 116 cm³/mol. The largest absolute Gasteiger partial charge is 0.478 e. The Hall–Kier alpha value is -4.17. The van der Waals surface area contributed by atoms with Crippen LogP contribution >= 0.6 is 11.6 Å². The normalized spacial score (nSPS) is 15.2. The van der Waals surface area contributed by atoms with Crippen LogP contribution in [0.5, 0.6) is 0 Å². The highest BCUT2D eigenvalue weighted by atomic mass is 35.5. The number of anilines is 1. The minimum atomic E-state index is -1.15. The average molecular weight is 451 g/mol. The highest BCUT2D eigenvalue weighted by Gasteiger charge is 2.37. The second-order valence-electron chi connectivity index (χ2n) is 7.00. The zero-order valence-corrected chi connectivity index (χ0v) is 17.3. The summed E-state index contributed by atoms with van der Waals surface area (Å²) in [6, 6.07) is 13.3. The van der Waals surface area contributed by atoms with Crippen molar-refractivity contribution in [3.05, 3.63) is 82.1 Å². The molecule has 32 heavy (non-hydrogen) atoms. The molecular weight excluding hydrogens is 436 g/mol. The van der Waals surface area contributed by atoms with Crippen LogP contribution in [-0.4, -0.2) is 28.9 Å². The maximum atomic E-state index is 12.9. The number of carboxylic acids is 1. The first-order valence-corrected chi connectivity index (χ1v) is 9.73. The fourth-order valence-corrected chi connectivity index (χ4v) is 3.42. The second kappa shape index (κ2) is 8.16. The van der Waals surface area contributed by atoms with Gasteiger partial charge >= 0.3 is 12.0 Å². The van der Waals surface area contributed by atoms with Crippen molar-refractivity contribution < 1.29 is 28.7 Å². The molecule has 2 N–H and O–H groups in total. The standard InChI is InChI=1S/C23H15ClN2O6/c1-12-2-5-14(6-3-12)26-21(28)17(20(27)25-23(26)31)11-15-7-9-19(32-15)13-4-8-16(22(29)30)18(24)10-13/h2-11H,1H3,(H,29,30)(H,25,27,31). The molecule has 0 spiro atoms. The summed E-state index contributed by atoms with van der Waals surface area (Å²) in [7, 11) is 0. The summed E-state index contributed by atoms with van der Waals surface area (Å²) in [5, 5.41) is 11.3. The molecule has 8 nitrogen and oxygen atoms in total. The van der Waals surface area contributed by atoms with Gasteiger partial charge in [-0.2, -0.15) is 0 Å². The topological polar surface area (TPSA) is 117 Å². The number of imide groups is 2. The van der Waals surface area contributed by atoms with Crippen LogP contribution in [0.4, 0.5) is 10.5 Å². The number of rotatable bonds is 4. The fraction of sp³-hybridized carbons (Fsp3) is 0.0435. The average Bonchev–Trinajstić information content (AvgIpc) is 3.21. The van der Waals surface area contributed by atoms with Crippen molar-refractivity contribution in [2.45, 2.75) is 6.92 Å². The minimum Gasteiger partial charge on any atom is -0.478 e. The minimum absolute atomic E-state index is 0.0420. The van der Waals surface area contributed by atoms with Crippen LogP contribution < -0.4 is 10.2 Å². The molecule has 9 heteroatoms. The lowest BCUT2D eigenvalue weighted by molar-refractivity contribution is -0.122. The van der Waals surface area contributed by atoms with E-state index in [0.29, 0.717) is 17.0 Å². The van der Waals surface area contributed by atoms with Gasteiger partial charge in [0.1, 0.15) is 17.1 Å². The van der Waals surface area contributed by atoms with Crippen LogP contribution in [0.2, 0.25) is 5.02 Å². The Morgan fingerprint density at radius 2 is 1.78 bits per heavy atom. The van der Waals surface area contributed by atoms with Crippen LogP contribution in [0.1, 0.15) is 21.7 Å². The number of aryl methyl sites for hydroxylation is 1. The molecule has 1 aromatic heterocycles. The molecule has 1 aliphatic heterocycles. The van der Waals surface area contributed by atoms with Crippen molar-refractivity contribution in [3.63, 3.8) is 0 Å². The Bertz CT molecular complexity index is 1310. The first-order chi connectivity index (χ1) is 15.2. The summed E-state index contributed by atoms with van der Waals surface area (Å²) in [5.41, 5.74) is 1.47. The number of hydrogen-bond donors (Lipinski definition) is 2. The number of hydrogen-bond acceptors (Lipinski definition) is 5. The number of carbonyl (C=O) groups excluding carboxylic acids is 3. The number of halogens is 1. The summed E-state index contributed by atoms with van der Waals surface area (Å²) in [4.78, 5) is 49.5. The van der Waals surface area contributed by atoms with Gasteiger partial charge in [0.25, 0.3) is 11.8 Å². The van der Waals surface area contributed by atoms with E-state index in [4.69, 9.17) is 21.1 Å². The Morgan fingerprint density at radius 1 is 1.06 bits per heavy atom. The van der Waals surface area contributed by atoms with Crippen molar-refractivity contribution in [1.29, 1.82) is 0 Å². The van der Waals surface area contributed by atoms with E-state index in [2.05, 4.69) is 5.32 Å². The van der Waals surface area contributed by atoms with Gasteiger partial charge in [0.15, 0.2) is 0 Å². The molecule has 0 bridgehead atoms. The molecule has 2 heterocycles. The molecule has 0 atom stereocenters. The van der Waals surface area contributed by atoms with E-state index in [0.717, 1.165) is 10.5 Å². The molecule has 2 aromatic carbocycles. The second-order valence-corrected chi connectivity index (χ2v) is 7.40. The van der Waals surface area contributed by atoms with Crippen LogP contribution in [0, 0.1) is 6.92 Å². The molecular formula is C23H15ClN2O6. The van der Waals surface area contributed by atoms with Gasteiger partial charge in [-0.25, -0.2) is 14.5 Å². The van der Waals surface area contributed by atoms with Gasteiger partial charge in [-0.15, -0.1) is 0 Å². The first kappa shape index (κ1) is 21.1. The van der Waals surface area contributed by atoms with Gasteiger partial charge in [0.2, 0.25) is 0 Å². The van der Waals surface area contributed by atoms with Gasteiger partial charge in [0.05, 0.1) is 16.3 Å². The van der Waals surface area contributed by atoms with Crippen LogP contribution in [0.15, 0.2) is 64.6 Å². The number of nitrogens with zero attached hydrogens (tertiary/aromatic N) is 1. The Labute approximate surface area is 186 Å². The zero-order chi connectivity index (χ0) is 23.0. The number of nitrogens with one attached hydrogen (secondary N) is 1. The first-order valence-electron chi connectivity index (χ1n) is 9.36. The summed E-state index contributed by atoms with van der Waals surface area (Å²) < 4.78 is 5.69. The van der Waals surface area contributed by atoms with E-state index in [1.165, 1.54) is 30.3 Å². The van der Waals surface area contributed by atoms with Gasteiger partial charge in [0, 0.05) is 5.56 Å². The van der Waals surface area contributed by atoms with Crippen molar-refractivity contribution >= 4 is 47.2 Å². The van der Waals surface area contributed by atoms with Crippen molar-refractivity contribution in [2.24, 2.45) is 0 Å². The number of carboxylic acid groups (broad SMARTS) is 1. The molecule has 3 aromatic rings. The Kier molecular flexibility index (Phi) is 5.38. The third kappa shape index (κ3) is 3.91. The van der Waals surface area contributed by atoms with Crippen LogP contribution in [-0.2, 0) is 9.59 Å². The molecule has 0 unspecified atom stereocenters. The summed E-state index contributed by atoms with van der Waals surface area (Å²) in [6.07, 6.45) is 1.24. The predicted octanol–water partition coefficient (Wildman–Crippen LogP) is 4.27. The maximum Gasteiger partial charge on any atom is 0.337 e. The monoisotopic (exact) mass is 450 g/mol. The lowest BCUT2D eigenvalue weighted by atomic mass is 10.1. The molecule has 1 fully saturated rings. The Morgan fingerprint density at radius 3 is 2.44 bits per heavy atom. The Balaban J connectivity index is 1.65. The number of urea groups is 1. The van der Waals surface area contributed by atoms with E-state index in [9.17, 15) is 19.2 Å². The fourth-order valence-electron chi connectivity index (χ4n) is 3.16. The number of benzene rings is 2. The molecule has 1 aliphatic rings. The summed E-state index contributed by atoms with van der Waals surface area (Å²) >= 11 is 6.00. The zero-order valence-electron chi connectivity index (χ0n) is 16.6. The van der Waals surface area contributed by atoms with Gasteiger partial charge in [-0.3, -0.25) is 14.9 Å².